The van der Waals surface area contributed by atoms with E-state index in [4.69, 9.17) is 0 Å². The molecule has 0 spiro atoms. The SMILES string of the molecule is C/C(=N/NC(=O)c1cccnc1)c1ccc(C(C)(C)C)cc1. The molecule has 2 rings (SSSR count). The first-order valence-electron chi connectivity index (χ1n) is 7.23. The molecule has 0 unspecified atom stereocenters. The third-order valence-electron chi connectivity index (χ3n) is 3.42. The van der Waals surface area contributed by atoms with E-state index in [2.05, 4.69) is 48.4 Å². The van der Waals surface area contributed by atoms with Crippen molar-refractivity contribution < 1.29 is 4.79 Å². The number of aromatic nitrogens is 1. The van der Waals surface area contributed by atoms with E-state index in [0.717, 1.165) is 11.3 Å². The number of amides is 1. The minimum atomic E-state index is -0.265. The van der Waals surface area contributed by atoms with Gasteiger partial charge in [0.25, 0.3) is 5.91 Å². The summed E-state index contributed by atoms with van der Waals surface area (Å²) in [5, 5.41) is 4.15. The van der Waals surface area contributed by atoms with Gasteiger partial charge in [-0.25, -0.2) is 5.43 Å². The zero-order valence-electron chi connectivity index (χ0n) is 13.4. The van der Waals surface area contributed by atoms with Crippen LogP contribution < -0.4 is 5.43 Å². The van der Waals surface area contributed by atoms with Crippen LogP contribution in [0.2, 0.25) is 0 Å². The summed E-state index contributed by atoms with van der Waals surface area (Å²) in [7, 11) is 0. The molecule has 4 nitrogen and oxygen atoms in total. The van der Waals surface area contributed by atoms with Gasteiger partial charge in [0.1, 0.15) is 0 Å². The van der Waals surface area contributed by atoms with Crippen LogP contribution in [0, 0.1) is 0 Å². The molecule has 4 heteroatoms. The highest BCUT2D eigenvalue weighted by atomic mass is 16.2. The van der Waals surface area contributed by atoms with Gasteiger partial charge in [0.15, 0.2) is 0 Å². The molecule has 1 aromatic heterocycles. The quantitative estimate of drug-likeness (QED) is 0.695. The minimum Gasteiger partial charge on any atom is -0.267 e. The number of hydrogen-bond acceptors (Lipinski definition) is 3. The second-order valence-corrected chi connectivity index (χ2v) is 6.21. The van der Waals surface area contributed by atoms with Crippen LogP contribution >= 0.6 is 0 Å². The molecule has 0 radical (unpaired) electrons. The van der Waals surface area contributed by atoms with E-state index in [1.165, 1.54) is 11.8 Å². The van der Waals surface area contributed by atoms with Gasteiger partial charge in [-0.1, -0.05) is 45.0 Å². The third-order valence-corrected chi connectivity index (χ3v) is 3.42. The van der Waals surface area contributed by atoms with Crippen molar-refractivity contribution in [2.45, 2.75) is 33.1 Å². The van der Waals surface area contributed by atoms with Crippen molar-refractivity contribution >= 4 is 11.6 Å². The van der Waals surface area contributed by atoms with Crippen molar-refractivity contribution in [1.29, 1.82) is 0 Å². The summed E-state index contributed by atoms with van der Waals surface area (Å²) in [5.41, 5.74) is 6.18. The molecule has 1 aromatic carbocycles. The van der Waals surface area contributed by atoms with E-state index in [1.54, 1.807) is 18.3 Å². The summed E-state index contributed by atoms with van der Waals surface area (Å²) < 4.78 is 0. The summed E-state index contributed by atoms with van der Waals surface area (Å²) >= 11 is 0. The Balaban J connectivity index is 2.08. The Morgan fingerprint density at radius 3 is 2.32 bits per heavy atom. The Bertz CT molecular complexity index is 668. The Kier molecular flexibility index (Phi) is 4.71. The van der Waals surface area contributed by atoms with Gasteiger partial charge in [0.05, 0.1) is 11.3 Å². The summed E-state index contributed by atoms with van der Waals surface area (Å²) in [5.74, 6) is -0.265. The van der Waals surface area contributed by atoms with Crippen LogP contribution in [-0.2, 0) is 5.41 Å². The van der Waals surface area contributed by atoms with Crippen molar-refractivity contribution in [1.82, 2.24) is 10.4 Å². The smallest absolute Gasteiger partial charge is 0.267 e. The first-order valence-corrected chi connectivity index (χ1v) is 7.23. The minimum absolute atomic E-state index is 0.123. The maximum atomic E-state index is 11.9. The van der Waals surface area contributed by atoms with E-state index in [1.807, 2.05) is 19.1 Å². The standard InChI is InChI=1S/C18H21N3O/c1-13(14-7-9-16(10-8-14)18(2,3)4)20-21-17(22)15-6-5-11-19-12-15/h5-12H,1-4H3,(H,21,22)/b20-13-. The number of benzene rings is 1. The molecule has 1 heterocycles. The fourth-order valence-corrected chi connectivity index (χ4v) is 1.97. The topological polar surface area (TPSA) is 54.4 Å². The first kappa shape index (κ1) is 15.9. The monoisotopic (exact) mass is 295 g/mol. The van der Waals surface area contributed by atoms with E-state index in [9.17, 15) is 4.79 Å². The lowest BCUT2D eigenvalue weighted by molar-refractivity contribution is 0.0954. The molecule has 0 aliphatic heterocycles. The molecule has 1 N–H and O–H groups in total. The molecule has 0 saturated carbocycles. The van der Waals surface area contributed by atoms with Gasteiger partial charge >= 0.3 is 0 Å². The zero-order valence-corrected chi connectivity index (χ0v) is 13.4. The normalized spacial score (nSPS) is 12.1. The summed E-state index contributed by atoms with van der Waals surface area (Å²) in [6.07, 6.45) is 3.14. The highest BCUT2D eigenvalue weighted by molar-refractivity contribution is 6.00. The summed E-state index contributed by atoms with van der Waals surface area (Å²) in [6.45, 7) is 8.40. The predicted molar refractivity (Wildman–Crippen MR) is 89.1 cm³/mol. The molecule has 114 valence electrons. The zero-order chi connectivity index (χ0) is 16.2. The van der Waals surface area contributed by atoms with E-state index in [0.29, 0.717) is 5.56 Å². The largest absolute Gasteiger partial charge is 0.272 e. The molecule has 0 atom stereocenters. The van der Waals surface area contributed by atoms with Gasteiger partial charge < -0.3 is 0 Å². The van der Waals surface area contributed by atoms with Crippen LogP contribution in [0.25, 0.3) is 0 Å². The lowest BCUT2D eigenvalue weighted by atomic mass is 9.86. The Morgan fingerprint density at radius 2 is 1.77 bits per heavy atom. The second kappa shape index (κ2) is 6.52. The molecular weight excluding hydrogens is 274 g/mol. The van der Waals surface area contributed by atoms with Gasteiger partial charge in [0, 0.05) is 12.4 Å². The van der Waals surface area contributed by atoms with Gasteiger partial charge in [0.2, 0.25) is 0 Å². The summed E-state index contributed by atoms with van der Waals surface area (Å²) in [4.78, 5) is 15.8. The molecule has 0 aliphatic rings. The maximum absolute atomic E-state index is 11.9. The van der Waals surface area contributed by atoms with Crippen molar-refractivity contribution in [3.63, 3.8) is 0 Å². The first-order chi connectivity index (χ1) is 10.4. The van der Waals surface area contributed by atoms with E-state index < -0.39 is 0 Å². The van der Waals surface area contributed by atoms with Crippen molar-refractivity contribution in [2.24, 2.45) is 5.10 Å². The third kappa shape index (κ3) is 4.01. The number of nitrogens with zero attached hydrogens (tertiary/aromatic N) is 2. The van der Waals surface area contributed by atoms with Crippen molar-refractivity contribution in [3.8, 4) is 0 Å². The van der Waals surface area contributed by atoms with Crippen LogP contribution in [0.3, 0.4) is 0 Å². The summed E-state index contributed by atoms with van der Waals surface area (Å²) in [6, 6.07) is 11.7. The second-order valence-electron chi connectivity index (χ2n) is 6.21. The van der Waals surface area contributed by atoms with Crippen LogP contribution in [0.5, 0.6) is 0 Å². The number of hydrazone groups is 1. The number of rotatable bonds is 3. The molecule has 0 aliphatic carbocycles. The van der Waals surface area contributed by atoms with Gasteiger partial charge in [-0.15, -0.1) is 0 Å². The number of pyridine rings is 1. The maximum Gasteiger partial charge on any atom is 0.272 e. The van der Waals surface area contributed by atoms with Gasteiger partial charge in [-0.05, 0) is 35.6 Å². The highest BCUT2D eigenvalue weighted by Gasteiger charge is 2.13. The molecular formula is C18H21N3O. The van der Waals surface area contributed by atoms with E-state index >= 15 is 0 Å². The molecule has 0 saturated heterocycles. The molecule has 0 fully saturated rings. The Morgan fingerprint density at radius 1 is 1.09 bits per heavy atom. The lowest BCUT2D eigenvalue weighted by Crippen LogP contribution is -2.19. The number of carbonyl (C=O) groups is 1. The molecule has 0 bridgehead atoms. The van der Waals surface area contributed by atoms with Crippen molar-refractivity contribution in [2.75, 3.05) is 0 Å². The van der Waals surface area contributed by atoms with Crippen molar-refractivity contribution in [3.05, 3.63) is 65.5 Å². The highest BCUT2D eigenvalue weighted by Crippen LogP contribution is 2.22. The van der Waals surface area contributed by atoms with Crippen LogP contribution in [0.1, 0.15) is 49.2 Å². The fourth-order valence-electron chi connectivity index (χ4n) is 1.97. The lowest BCUT2D eigenvalue weighted by Gasteiger charge is -2.19. The fraction of sp³-hybridized carbons (Fsp3) is 0.278. The Hall–Kier alpha value is -2.49. The van der Waals surface area contributed by atoms with Crippen LogP contribution in [0.4, 0.5) is 0 Å². The number of hydrogen-bond donors (Lipinski definition) is 1. The molecule has 2 aromatic rings. The molecule has 22 heavy (non-hydrogen) atoms. The van der Waals surface area contributed by atoms with Crippen LogP contribution in [-0.4, -0.2) is 16.6 Å². The Labute approximate surface area is 131 Å². The van der Waals surface area contributed by atoms with Crippen LogP contribution in [0.15, 0.2) is 53.9 Å². The van der Waals surface area contributed by atoms with Gasteiger partial charge in [-0.2, -0.15) is 5.10 Å². The number of nitrogens with one attached hydrogen (secondary N) is 1. The number of carbonyl (C=O) groups excluding carboxylic acids is 1. The average molecular weight is 295 g/mol. The predicted octanol–water partition coefficient (Wildman–Crippen LogP) is 3.53. The van der Waals surface area contributed by atoms with E-state index in [-0.39, 0.29) is 11.3 Å². The molecule has 1 amide bonds. The average Bonchev–Trinajstić information content (AvgIpc) is 2.52. The van der Waals surface area contributed by atoms with Gasteiger partial charge in [-0.3, -0.25) is 9.78 Å².